The SMILES string of the molecule is CN(C[C@@H]1CCCCO1)c1cc(N[C@@H]2CCCOC2)ncn1. The van der Waals surface area contributed by atoms with Crippen molar-refractivity contribution in [3.63, 3.8) is 0 Å². The Hall–Kier alpha value is -1.40. The van der Waals surface area contributed by atoms with Gasteiger partial charge in [-0.25, -0.2) is 9.97 Å². The van der Waals surface area contributed by atoms with Crippen LogP contribution in [0.4, 0.5) is 11.6 Å². The molecule has 0 spiro atoms. The van der Waals surface area contributed by atoms with E-state index in [9.17, 15) is 0 Å². The molecule has 0 aliphatic carbocycles. The van der Waals surface area contributed by atoms with Crippen LogP contribution in [0.15, 0.2) is 12.4 Å². The van der Waals surface area contributed by atoms with Gasteiger partial charge in [0.2, 0.25) is 0 Å². The fourth-order valence-electron chi connectivity index (χ4n) is 3.05. The van der Waals surface area contributed by atoms with Gasteiger partial charge in [-0.2, -0.15) is 0 Å². The Kier molecular flexibility index (Phi) is 5.45. The number of rotatable bonds is 5. The van der Waals surface area contributed by atoms with Crippen molar-refractivity contribution in [2.24, 2.45) is 0 Å². The molecule has 0 aromatic carbocycles. The zero-order valence-corrected chi connectivity index (χ0v) is 13.3. The number of hydrogen-bond donors (Lipinski definition) is 1. The summed E-state index contributed by atoms with van der Waals surface area (Å²) in [5.74, 6) is 1.81. The second-order valence-electron chi connectivity index (χ2n) is 6.19. The molecule has 1 N–H and O–H groups in total. The van der Waals surface area contributed by atoms with Gasteiger partial charge in [0.25, 0.3) is 0 Å². The number of anilines is 2. The molecule has 0 saturated carbocycles. The van der Waals surface area contributed by atoms with E-state index < -0.39 is 0 Å². The van der Waals surface area contributed by atoms with E-state index in [-0.39, 0.29) is 0 Å². The second kappa shape index (κ2) is 7.74. The van der Waals surface area contributed by atoms with Crippen LogP contribution >= 0.6 is 0 Å². The largest absolute Gasteiger partial charge is 0.379 e. The Morgan fingerprint density at radius 2 is 2.18 bits per heavy atom. The fourth-order valence-corrected chi connectivity index (χ4v) is 3.05. The third kappa shape index (κ3) is 4.30. The molecule has 0 amide bonds. The van der Waals surface area contributed by atoms with Crippen LogP contribution in [0.2, 0.25) is 0 Å². The van der Waals surface area contributed by atoms with E-state index in [1.54, 1.807) is 6.33 Å². The van der Waals surface area contributed by atoms with Crippen LogP contribution in [0.3, 0.4) is 0 Å². The average Bonchev–Trinajstić information content (AvgIpc) is 2.57. The summed E-state index contributed by atoms with van der Waals surface area (Å²) in [6.45, 7) is 3.39. The molecule has 6 heteroatoms. The first-order valence-electron chi connectivity index (χ1n) is 8.30. The molecular weight excluding hydrogens is 280 g/mol. The predicted molar refractivity (Wildman–Crippen MR) is 86.4 cm³/mol. The predicted octanol–water partition coefficient (Wildman–Crippen LogP) is 2.07. The van der Waals surface area contributed by atoms with Gasteiger partial charge in [0.1, 0.15) is 18.0 Å². The highest BCUT2D eigenvalue weighted by molar-refractivity contribution is 5.48. The standard InChI is InChI=1S/C16H26N4O2/c1-20(10-14-6-2-3-8-22-14)16-9-15(17-12-18-16)19-13-5-4-7-21-11-13/h9,12-14H,2-8,10-11H2,1H3,(H,17,18,19)/t13-,14+/m1/s1. The number of likely N-dealkylation sites (N-methyl/N-ethyl adjacent to an activating group) is 1. The normalized spacial score (nSPS) is 25.7. The van der Waals surface area contributed by atoms with Crippen molar-refractivity contribution < 1.29 is 9.47 Å². The van der Waals surface area contributed by atoms with E-state index in [0.29, 0.717) is 12.1 Å². The van der Waals surface area contributed by atoms with Crippen LogP contribution in [0.5, 0.6) is 0 Å². The molecule has 2 aliphatic rings. The van der Waals surface area contributed by atoms with Gasteiger partial charge in [-0.1, -0.05) is 0 Å². The van der Waals surface area contributed by atoms with Crippen molar-refractivity contribution in [2.45, 2.75) is 44.2 Å². The highest BCUT2D eigenvalue weighted by Crippen LogP contribution is 2.19. The molecule has 1 aromatic heterocycles. The van der Waals surface area contributed by atoms with Gasteiger partial charge in [-0.3, -0.25) is 0 Å². The zero-order valence-electron chi connectivity index (χ0n) is 13.3. The first-order chi connectivity index (χ1) is 10.8. The molecule has 6 nitrogen and oxygen atoms in total. The Morgan fingerprint density at radius 3 is 2.95 bits per heavy atom. The molecule has 2 saturated heterocycles. The molecular formula is C16H26N4O2. The first kappa shape index (κ1) is 15.5. The summed E-state index contributed by atoms with van der Waals surface area (Å²) in [5.41, 5.74) is 0. The quantitative estimate of drug-likeness (QED) is 0.899. The summed E-state index contributed by atoms with van der Waals surface area (Å²) in [4.78, 5) is 10.9. The minimum absolute atomic E-state index is 0.317. The number of ether oxygens (including phenoxy) is 2. The van der Waals surface area contributed by atoms with Gasteiger partial charge >= 0.3 is 0 Å². The van der Waals surface area contributed by atoms with E-state index >= 15 is 0 Å². The molecule has 122 valence electrons. The highest BCUT2D eigenvalue weighted by Gasteiger charge is 2.18. The van der Waals surface area contributed by atoms with E-state index in [1.165, 1.54) is 12.8 Å². The van der Waals surface area contributed by atoms with Crippen molar-refractivity contribution >= 4 is 11.6 Å². The highest BCUT2D eigenvalue weighted by atomic mass is 16.5. The monoisotopic (exact) mass is 306 g/mol. The van der Waals surface area contributed by atoms with Crippen LogP contribution < -0.4 is 10.2 Å². The molecule has 0 radical (unpaired) electrons. The van der Waals surface area contributed by atoms with Crippen molar-refractivity contribution in [3.8, 4) is 0 Å². The lowest BCUT2D eigenvalue weighted by Gasteiger charge is -2.28. The summed E-state index contributed by atoms with van der Waals surface area (Å²) in [6, 6.07) is 2.36. The number of aromatic nitrogens is 2. The summed E-state index contributed by atoms with van der Waals surface area (Å²) >= 11 is 0. The zero-order chi connectivity index (χ0) is 15.2. The fraction of sp³-hybridized carbons (Fsp3) is 0.750. The van der Waals surface area contributed by atoms with E-state index in [4.69, 9.17) is 9.47 Å². The average molecular weight is 306 g/mol. The lowest BCUT2D eigenvalue weighted by atomic mass is 10.1. The van der Waals surface area contributed by atoms with Gasteiger partial charge in [0, 0.05) is 32.9 Å². The first-order valence-corrected chi connectivity index (χ1v) is 8.30. The van der Waals surface area contributed by atoms with Crippen LogP contribution in [-0.2, 0) is 9.47 Å². The second-order valence-corrected chi connectivity index (χ2v) is 6.19. The van der Waals surface area contributed by atoms with Crippen LogP contribution in [-0.4, -0.2) is 55.5 Å². The number of nitrogens with zero attached hydrogens (tertiary/aromatic N) is 3. The molecule has 2 atom stereocenters. The molecule has 1 aromatic rings. The van der Waals surface area contributed by atoms with Crippen LogP contribution in [0, 0.1) is 0 Å². The third-order valence-corrected chi connectivity index (χ3v) is 4.31. The summed E-state index contributed by atoms with van der Waals surface area (Å²) < 4.78 is 11.3. The molecule has 22 heavy (non-hydrogen) atoms. The Labute approximate surface area is 132 Å². The van der Waals surface area contributed by atoms with Gasteiger partial charge in [-0.15, -0.1) is 0 Å². The van der Waals surface area contributed by atoms with Crippen LogP contribution in [0.1, 0.15) is 32.1 Å². The summed E-state index contributed by atoms with van der Waals surface area (Å²) in [5, 5.41) is 3.45. The number of hydrogen-bond acceptors (Lipinski definition) is 6. The Morgan fingerprint density at radius 1 is 1.23 bits per heavy atom. The molecule has 3 heterocycles. The maximum absolute atomic E-state index is 5.80. The number of nitrogens with one attached hydrogen (secondary N) is 1. The van der Waals surface area contributed by atoms with Gasteiger partial charge in [0.05, 0.1) is 18.8 Å². The Bertz CT molecular complexity index is 459. The molecule has 0 unspecified atom stereocenters. The molecule has 2 fully saturated rings. The van der Waals surface area contributed by atoms with Crippen molar-refractivity contribution in [3.05, 3.63) is 12.4 Å². The molecule has 0 bridgehead atoms. The minimum Gasteiger partial charge on any atom is -0.379 e. The third-order valence-electron chi connectivity index (χ3n) is 4.31. The maximum atomic E-state index is 5.80. The minimum atomic E-state index is 0.317. The van der Waals surface area contributed by atoms with Gasteiger partial charge < -0.3 is 19.7 Å². The summed E-state index contributed by atoms with van der Waals surface area (Å²) in [7, 11) is 2.06. The Balaban J connectivity index is 1.57. The topological polar surface area (TPSA) is 59.5 Å². The summed E-state index contributed by atoms with van der Waals surface area (Å²) in [6.07, 6.45) is 7.76. The maximum Gasteiger partial charge on any atom is 0.133 e. The van der Waals surface area contributed by atoms with Crippen molar-refractivity contribution in [2.75, 3.05) is 43.6 Å². The molecule has 3 rings (SSSR count). The van der Waals surface area contributed by atoms with E-state index in [0.717, 1.165) is 57.3 Å². The molecule has 2 aliphatic heterocycles. The smallest absolute Gasteiger partial charge is 0.133 e. The van der Waals surface area contributed by atoms with Crippen molar-refractivity contribution in [1.82, 2.24) is 9.97 Å². The lowest BCUT2D eigenvalue weighted by Crippen LogP contribution is -2.34. The van der Waals surface area contributed by atoms with E-state index in [2.05, 4.69) is 27.2 Å². The van der Waals surface area contributed by atoms with Crippen molar-refractivity contribution in [1.29, 1.82) is 0 Å². The lowest BCUT2D eigenvalue weighted by molar-refractivity contribution is 0.0215. The van der Waals surface area contributed by atoms with Gasteiger partial charge in [0.15, 0.2) is 0 Å². The van der Waals surface area contributed by atoms with Crippen LogP contribution in [0.25, 0.3) is 0 Å². The van der Waals surface area contributed by atoms with E-state index in [1.807, 2.05) is 6.07 Å². The van der Waals surface area contributed by atoms with Gasteiger partial charge in [-0.05, 0) is 32.1 Å².